The monoisotopic (exact) mass is 283 g/mol. The first-order valence-electron chi connectivity index (χ1n) is 6.36. The first-order valence-corrected chi connectivity index (χ1v) is 6.88. The third-order valence-corrected chi connectivity index (χ3v) is 3.64. The molecule has 2 heterocycles. The lowest BCUT2D eigenvalue weighted by atomic mass is 10.2. The highest BCUT2D eigenvalue weighted by Gasteiger charge is 2.22. The zero-order valence-electron chi connectivity index (χ0n) is 10.9. The van der Waals surface area contributed by atoms with Gasteiger partial charge in [0.25, 0.3) is 0 Å². The molecule has 0 aliphatic carbocycles. The first-order chi connectivity index (χ1) is 9.06. The van der Waals surface area contributed by atoms with Crippen LogP contribution in [0.3, 0.4) is 0 Å². The van der Waals surface area contributed by atoms with Crippen molar-refractivity contribution in [1.29, 1.82) is 0 Å². The Hall–Kier alpha value is -1.14. The zero-order chi connectivity index (χ0) is 13.8. The summed E-state index contributed by atoms with van der Waals surface area (Å²) in [7, 11) is 0. The summed E-state index contributed by atoms with van der Waals surface area (Å²) in [5, 5.41) is 0.219. The second kappa shape index (κ2) is 6.34. The second-order valence-electron chi connectivity index (χ2n) is 4.69. The van der Waals surface area contributed by atoms with E-state index in [1.165, 1.54) is 6.07 Å². The van der Waals surface area contributed by atoms with Crippen LogP contribution in [-0.2, 0) is 11.2 Å². The molecule has 0 bridgehead atoms. The van der Waals surface area contributed by atoms with E-state index in [0.717, 1.165) is 19.3 Å². The molecule has 1 aliphatic heterocycles. The van der Waals surface area contributed by atoms with Crippen LogP contribution in [0.2, 0.25) is 0 Å². The predicted molar refractivity (Wildman–Crippen MR) is 74.5 cm³/mol. The molecule has 1 saturated heterocycles. The molecule has 1 aromatic rings. The van der Waals surface area contributed by atoms with Crippen LogP contribution in [0.4, 0.5) is 4.39 Å². The molecular weight excluding hydrogens is 265 g/mol. The molecular formula is C13H18FN3OS. The molecule has 0 aromatic carbocycles. The topological polar surface area (TPSA) is 36.4 Å². The molecule has 0 N–H and O–H groups in total. The van der Waals surface area contributed by atoms with E-state index in [2.05, 4.69) is 22.5 Å². The van der Waals surface area contributed by atoms with Crippen LogP contribution < -0.4 is 0 Å². The summed E-state index contributed by atoms with van der Waals surface area (Å²) < 4.78 is 12.7. The molecule has 0 spiro atoms. The second-order valence-corrected chi connectivity index (χ2v) is 5.44. The van der Waals surface area contributed by atoms with Crippen LogP contribution >= 0.6 is 12.6 Å². The van der Waals surface area contributed by atoms with Crippen molar-refractivity contribution in [3.05, 3.63) is 29.8 Å². The van der Waals surface area contributed by atoms with E-state index >= 15 is 0 Å². The number of aromatic nitrogens is 1. The Labute approximate surface area is 118 Å². The summed E-state index contributed by atoms with van der Waals surface area (Å²) in [6.07, 6.45) is 1.37. The van der Waals surface area contributed by atoms with Crippen molar-refractivity contribution in [1.82, 2.24) is 14.8 Å². The van der Waals surface area contributed by atoms with Crippen molar-refractivity contribution >= 4 is 18.5 Å². The summed E-state index contributed by atoms with van der Waals surface area (Å²) in [5.41, 5.74) is 0.608. The summed E-state index contributed by atoms with van der Waals surface area (Å²) in [5.74, 6) is -0.335. The maximum absolute atomic E-state index is 12.7. The number of nitrogens with zero attached hydrogens (tertiary/aromatic N) is 3. The van der Waals surface area contributed by atoms with Gasteiger partial charge in [0, 0.05) is 31.9 Å². The van der Waals surface area contributed by atoms with Crippen LogP contribution in [0.5, 0.6) is 0 Å². The summed E-state index contributed by atoms with van der Waals surface area (Å²) >= 11 is 4.39. The van der Waals surface area contributed by atoms with Gasteiger partial charge in [0.15, 0.2) is 0 Å². The maximum atomic E-state index is 12.7. The van der Waals surface area contributed by atoms with Gasteiger partial charge in [0.2, 0.25) is 5.91 Å². The number of piperazine rings is 1. The fourth-order valence-corrected chi connectivity index (χ4v) is 2.35. The van der Waals surface area contributed by atoms with Gasteiger partial charge in [-0.25, -0.2) is 4.39 Å². The molecule has 19 heavy (non-hydrogen) atoms. The molecule has 4 nitrogen and oxygen atoms in total. The third-order valence-electron chi connectivity index (χ3n) is 3.32. The predicted octanol–water partition coefficient (Wildman–Crippen LogP) is 1.18. The van der Waals surface area contributed by atoms with Gasteiger partial charge in [-0.3, -0.25) is 14.7 Å². The number of rotatable bonds is 3. The van der Waals surface area contributed by atoms with Gasteiger partial charge >= 0.3 is 0 Å². The fraction of sp³-hybridized carbons (Fsp3) is 0.538. The van der Waals surface area contributed by atoms with Gasteiger partial charge < -0.3 is 4.90 Å². The van der Waals surface area contributed by atoms with Crippen LogP contribution in [0, 0.1) is 5.82 Å². The van der Waals surface area contributed by atoms with E-state index in [4.69, 9.17) is 0 Å². The van der Waals surface area contributed by atoms with E-state index in [1.54, 1.807) is 6.07 Å². The number of halogens is 1. The SMILES string of the molecule is CC(S)N1CCN(C(=O)Cc2ccc(F)cn2)CC1. The van der Waals surface area contributed by atoms with Crippen molar-refractivity contribution < 1.29 is 9.18 Å². The van der Waals surface area contributed by atoms with Gasteiger partial charge in [-0.05, 0) is 19.1 Å². The Morgan fingerprint density at radius 2 is 2.11 bits per heavy atom. The average molecular weight is 283 g/mol. The Balaban J connectivity index is 1.86. The Kier molecular flexibility index (Phi) is 4.76. The molecule has 1 aromatic heterocycles. The van der Waals surface area contributed by atoms with Crippen LogP contribution in [0.15, 0.2) is 18.3 Å². The van der Waals surface area contributed by atoms with Gasteiger partial charge in [-0.2, -0.15) is 12.6 Å². The molecule has 104 valence electrons. The minimum atomic E-state index is -0.382. The molecule has 0 radical (unpaired) electrons. The summed E-state index contributed by atoms with van der Waals surface area (Å²) in [6.45, 7) is 5.14. The molecule has 1 amide bonds. The minimum absolute atomic E-state index is 0.0468. The number of carbonyl (C=O) groups excluding carboxylic acids is 1. The smallest absolute Gasteiger partial charge is 0.228 e. The number of pyridine rings is 1. The standard InChI is InChI=1S/C13H18FN3OS/c1-10(19)16-4-6-17(7-5-16)13(18)8-12-3-2-11(14)9-15-12/h2-3,9-10,19H,4-8H2,1H3. The molecule has 1 unspecified atom stereocenters. The Morgan fingerprint density at radius 1 is 1.42 bits per heavy atom. The van der Waals surface area contributed by atoms with Crippen molar-refractivity contribution in [3.63, 3.8) is 0 Å². The number of thiol groups is 1. The lowest BCUT2D eigenvalue weighted by Gasteiger charge is -2.36. The maximum Gasteiger partial charge on any atom is 0.228 e. The van der Waals surface area contributed by atoms with E-state index < -0.39 is 0 Å². The number of hydrogen-bond acceptors (Lipinski definition) is 4. The average Bonchev–Trinajstić information content (AvgIpc) is 2.41. The molecule has 6 heteroatoms. The zero-order valence-corrected chi connectivity index (χ0v) is 11.8. The molecule has 1 atom stereocenters. The molecule has 2 rings (SSSR count). The van der Waals surface area contributed by atoms with Crippen LogP contribution in [-0.4, -0.2) is 52.2 Å². The van der Waals surface area contributed by atoms with Crippen molar-refractivity contribution in [2.45, 2.75) is 18.7 Å². The number of amides is 1. The van der Waals surface area contributed by atoms with E-state index in [0.29, 0.717) is 18.8 Å². The first kappa shape index (κ1) is 14.3. The lowest BCUT2D eigenvalue weighted by Crippen LogP contribution is -2.50. The van der Waals surface area contributed by atoms with Crippen LogP contribution in [0.1, 0.15) is 12.6 Å². The minimum Gasteiger partial charge on any atom is -0.340 e. The van der Waals surface area contributed by atoms with E-state index in [9.17, 15) is 9.18 Å². The van der Waals surface area contributed by atoms with Gasteiger partial charge in [-0.15, -0.1) is 0 Å². The summed E-state index contributed by atoms with van der Waals surface area (Å²) in [4.78, 5) is 20.1. The van der Waals surface area contributed by atoms with Gasteiger partial charge in [-0.1, -0.05) is 0 Å². The highest BCUT2D eigenvalue weighted by molar-refractivity contribution is 7.80. The normalized spacial score (nSPS) is 18.4. The Morgan fingerprint density at radius 3 is 2.63 bits per heavy atom. The quantitative estimate of drug-likeness (QED) is 0.846. The van der Waals surface area contributed by atoms with Crippen molar-refractivity contribution in [2.75, 3.05) is 26.2 Å². The summed E-state index contributed by atoms with van der Waals surface area (Å²) in [6, 6.07) is 2.88. The molecule has 1 fully saturated rings. The van der Waals surface area contributed by atoms with Crippen molar-refractivity contribution in [2.24, 2.45) is 0 Å². The number of carbonyl (C=O) groups is 1. The third kappa shape index (κ3) is 3.91. The lowest BCUT2D eigenvalue weighted by molar-refractivity contribution is -0.132. The number of hydrogen-bond donors (Lipinski definition) is 1. The Bertz CT molecular complexity index is 430. The molecule has 1 aliphatic rings. The van der Waals surface area contributed by atoms with Gasteiger partial charge in [0.05, 0.1) is 18.0 Å². The van der Waals surface area contributed by atoms with E-state index in [-0.39, 0.29) is 23.5 Å². The molecule has 0 saturated carbocycles. The fourth-order valence-electron chi connectivity index (χ4n) is 2.12. The van der Waals surface area contributed by atoms with Crippen LogP contribution in [0.25, 0.3) is 0 Å². The van der Waals surface area contributed by atoms with Crippen molar-refractivity contribution in [3.8, 4) is 0 Å². The largest absolute Gasteiger partial charge is 0.340 e. The highest BCUT2D eigenvalue weighted by atomic mass is 32.1. The highest BCUT2D eigenvalue weighted by Crippen LogP contribution is 2.10. The van der Waals surface area contributed by atoms with E-state index in [1.807, 2.05) is 11.8 Å². The van der Waals surface area contributed by atoms with Gasteiger partial charge in [0.1, 0.15) is 5.82 Å².